The van der Waals surface area contributed by atoms with Crippen LogP contribution in [0.2, 0.25) is 0 Å². The molecule has 2 aliphatic carbocycles. The molecule has 5 N–H and O–H groups in total. The minimum Gasteiger partial charge on any atom is -0.459 e. The number of hydrogen-bond donors (Lipinski definition) is 5. The van der Waals surface area contributed by atoms with Gasteiger partial charge in [0.05, 0.1) is 12.7 Å². The summed E-state index contributed by atoms with van der Waals surface area (Å²) < 4.78 is 17.3. The van der Waals surface area contributed by atoms with Crippen molar-refractivity contribution in [2.24, 2.45) is 17.3 Å². The summed E-state index contributed by atoms with van der Waals surface area (Å²) in [6.45, 7) is 5.01. The van der Waals surface area contributed by atoms with Gasteiger partial charge in [-0.15, -0.1) is 0 Å². The first-order valence-corrected chi connectivity index (χ1v) is 10.6. The minimum absolute atomic E-state index is 0.169. The first-order valence-electron chi connectivity index (χ1n) is 10.6. The fourth-order valence-corrected chi connectivity index (χ4v) is 5.92. The Bertz CT molecular complexity index is 719. The van der Waals surface area contributed by atoms with E-state index in [1.54, 1.807) is 0 Å². The number of carbonyl (C=O) groups is 1. The van der Waals surface area contributed by atoms with Crippen molar-refractivity contribution in [3.63, 3.8) is 0 Å². The van der Waals surface area contributed by atoms with Crippen molar-refractivity contribution in [3.8, 4) is 0 Å². The van der Waals surface area contributed by atoms with Crippen LogP contribution in [-0.4, -0.2) is 86.6 Å². The van der Waals surface area contributed by atoms with E-state index >= 15 is 0 Å². The lowest BCUT2D eigenvalue weighted by Gasteiger charge is -2.54. The van der Waals surface area contributed by atoms with Gasteiger partial charge in [-0.3, -0.25) is 0 Å². The van der Waals surface area contributed by atoms with Crippen LogP contribution in [0, 0.1) is 17.3 Å². The Hall–Kier alpha value is -1.07. The van der Waals surface area contributed by atoms with Gasteiger partial charge < -0.3 is 39.7 Å². The van der Waals surface area contributed by atoms with Gasteiger partial charge in [-0.2, -0.15) is 0 Å². The molecule has 11 unspecified atom stereocenters. The zero-order valence-electron chi connectivity index (χ0n) is 17.5. The summed E-state index contributed by atoms with van der Waals surface area (Å²) >= 11 is 0. The van der Waals surface area contributed by atoms with Crippen LogP contribution in [0.4, 0.5) is 0 Å². The smallest absolute Gasteiger partial charge is 0.338 e. The van der Waals surface area contributed by atoms with Crippen molar-refractivity contribution in [1.29, 1.82) is 0 Å². The number of carbonyl (C=O) groups excluding carboxylic acids is 1. The van der Waals surface area contributed by atoms with E-state index in [9.17, 15) is 30.3 Å². The number of aliphatic hydroxyl groups is 5. The molecule has 0 radical (unpaired) electrons. The fourth-order valence-electron chi connectivity index (χ4n) is 5.92. The van der Waals surface area contributed by atoms with Crippen LogP contribution >= 0.6 is 0 Å². The Morgan fingerprint density at radius 2 is 1.90 bits per heavy atom. The second-order valence-electron chi connectivity index (χ2n) is 9.65. The van der Waals surface area contributed by atoms with E-state index in [1.165, 1.54) is 6.92 Å². The second-order valence-corrected chi connectivity index (χ2v) is 9.65. The van der Waals surface area contributed by atoms with E-state index in [2.05, 4.69) is 0 Å². The molecular weight excluding hydrogens is 396 g/mol. The number of hydrogen-bond acceptors (Lipinski definition) is 9. The molecule has 0 aromatic rings. The van der Waals surface area contributed by atoms with E-state index in [4.69, 9.17) is 14.2 Å². The number of rotatable bonds is 3. The SMILES string of the molecule is CC1=CCC(OC2OC(CO)C(O)C(O)C2O)C2(C)CCC3C(OC(=O)C3(C)O)C12. The molecule has 4 aliphatic rings. The normalized spacial score (nSPS) is 53.5. The largest absolute Gasteiger partial charge is 0.459 e. The maximum Gasteiger partial charge on any atom is 0.338 e. The number of aliphatic hydroxyl groups excluding tert-OH is 4. The lowest BCUT2D eigenvalue weighted by molar-refractivity contribution is -0.323. The Morgan fingerprint density at radius 3 is 2.57 bits per heavy atom. The summed E-state index contributed by atoms with van der Waals surface area (Å²) in [4.78, 5) is 12.3. The van der Waals surface area contributed by atoms with Crippen LogP contribution in [0.25, 0.3) is 0 Å². The van der Waals surface area contributed by atoms with E-state index < -0.39 is 66.5 Å². The Kier molecular flexibility index (Phi) is 5.54. The van der Waals surface area contributed by atoms with Gasteiger partial charge in [0, 0.05) is 17.3 Å². The number of esters is 1. The van der Waals surface area contributed by atoms with Crippen molar-refractivity contribution in [2.75, 3.05) is 6.61 Å². The molecule has 2 heterocycles. The zero-order chi connectivity index (χ0) is 22.0. The van der Waals surface area contributed by atoms with Gasteiger partial charge in [-0.25, -0.2) is 4.79 Å². The molecule has 2 saturated heterocycles. The first-order chi connectivity index (χ1) is 14.0. The third-order valence-corrected chi connectivity index (χ3v) is 7.83. The van der Waals surface area contributed by atoms with Gasteiger partial charge in [0.25, 0.3) is 0 Å². The molecule has 2 aliphatic heterocycles. The molecule has 0 aromatic heterocycles. The van der Waals surface area contributed by atoms with Gasteiger partial charge in [0.1, 0.15) is 30.5 Å². The van der Waals surface area contributed by atoms with Crippen molar-refractivity contribution < 1.29 is 44.5 Å². The Balaban J connectivity index is 1.59. The predicted molar refractivity (Wildman–Crippen MR) is 102 cm³/mol. The zero-order valence-corrected chi connectivity index (χ0v) is 17.5. The van der Waals surface area contributed by atoms with Crippen molar-refractivity contribution in [1.82, 2.24) is 0 Å². The van der Waals surface area contributed by atoms with E-state index in [0.717, 1.165) is 5.57 Å². The van der Waals surface area contributed by atoms with Gasteiger partial charge in [0.15, 0.2) is 11.9 Å². The Morgan fingerprint density at radius 1 is 1.20 bits per heavy atom. The van der Waals surface area contributed by atoms with Crippen LogP contribution in [0.15, 0.2) is 11.6 Å². The lowest BCUT2D eigenvalue weighted by Crippen LogP contribution is -2.61. The van der Waals surface area contributed by atoms with Gasteiger partial charge in [-0.05, 0) is 33.1 Å². The molecule has 9 nitrogen and oxygen atoms in total. The third kappa shape index (κ3) is 3.14. The number of ether oxygens (including phenoxy) is 3. The molecule has 4 rings (SSSR count). The quantitative estimate of drug-likeness (QED) is 0.289. The molecule has 9 heteroatoms. The molecule has 0 amide bonds. The van der Waals surface area contributed by atoms with Crippen LogP contribution < -0.4 is 0 Å². The Labute approximate surface area is 175 Å². The van der Waals surface area contributed by atoms with Crippen molar-refractivity contribution in [3.05, 3.63) is 11.6 Å². The average Bonchev–Trinajstić information content (AvgIpc) is 2.92. The summed E-state index contributed by atoms with van der Waals surface area (Å²) in [7, 11) is 0. The molecule has 170 valence electrons. The third-order valence-electron chi connectivity index (χ3n) is 7.83. The minimum atomic E-state index is -1.52. The summed E-state index contributed by atoms with van der Waals surface area (Å²) in [5, 5.41) is 50.5. The van der Waals surface area contributed by atoms with Crippen LogP contribution in [0.5, 0.6) is 0 Å². The lowest BCUT2D eigenvalue weighted by atomic mass is 9.54. The van der Waals surface area contributed by atoms with Gasteiger partial charge >= 0.3 is 5.97 Å². The highest BCUT2D eigenvalue weighted by atomic mass is 16.7. The first kappa shape index (κ1) is 22.1. The summed E-state index contributed by atoms with van der Waals surface area (Å²) in [5.74, 6) is -1.08. The summed E-state index contributed by atoms with van der Waals surface area (Å²) in [6, 6.07) is 0. The number of fused-ring (bicyclic) bond motifs is 3. The summed E-state index contributed by atoms with van der Waals surface area (Å²) in [5.41, 5.74) is -0.914. The van der Waals surface area contributed by atoms with Crippen LogP contribution in [0.3, 0.4) is 0 Å². The molecule has 1 saturated carbocycles. The topological polar surface area (TPSA) is 146 Å². The predicted octanol–water partition coefficient (Wildman–Crippen LogP) is -0.770. The molecule has 0 spiro atoms. The highest BCUT2D eigenvalue weighted by Crippen LogP contribution is 2.58. The molecule has 30 heavy (non-hydrogen) atoms. The highest BCUT2D eigenvalue weighted by Gasteiger charge is 2.64. The highest BCUT2D eigenvalue weighted by molar-refractivity contribution is 5.82. The van der Waals surface area contributed by atoms with E-state index in [1.807, 2.05) is 19.9 Å². The van der Waals surface area contributed by atoms with Crippen molar-refractivity contribution in [2.45, 2.75) is 88.5 Å². The molecule has 11 atom stereocenters. The molecule has 3 fully saturated rings. The van der Waals surface area contributed by atoms with Crippen molar-refractivity contribution >= 4 is 5.97 Å². The van der Waals surface area contributed by atoms with E-state index in [0.29, 0.717) is 19.3 Å². The van der Waals surface area contributed by atoms with Gasteiger partial charge in [-0.1, -0.05) is 18.6 Å². The molecular formula is C21H32O9. The molecule has 0 bridgehead atoms. The average molecular weight is 428 g/mol. The molecule has 0 aromatic carbocycles. The maximum atomic E-state index is 12.3. The standard InChI is InChI=1S/C21H32O9/c1-9-4-5-12(29-18-16(25)15(24)14(23)11(8-22)28-18)20(2)7-6-10-17(13(9)20)30-19(26)21(10,3)27/h4,10-18,22-25,27H,5-8H2,1-3H3. The van der Waals surface area contributed by atoms with Crippen LogP contribution in [-0.2, 0) is 19.0 Å². The second kappa shape index (κ2) is 7.51. The van der Waals surface area contributed by atoms with Gasteiger partial charge in [0.2, 0.25) is 0 Å². The van der Waals surface area contributed by atoms with Crippen LogP contribution in [0.1, 0.15) is 40.0 Å². The fraction of sp³-hybridized carbons (Fsp3) is 0.857. The monoisotopic (exact) mass is 428 g/mol. The maximum absolute atomic E-state index is 12.3. The van der Waals surface area contributed by atoms with E-state index in [-0.39, 0.29) is 11.8 Å². The summed E-state index contributed by atoms with van der Waals surface area (Å²) in [6.07, 6.45) is -3.79.